The largest absolute Gasteiger partial charge is 0.619 e. The number of aromatic nitrogens is 1. The summed E-state index contributed by atoms with van der Waals surface area (Å²) in [4.78, 5) is 31.2. The second-order valence-electron chi connectivity index (χ2n) is 18.6. The van der Waals surface area contributed by atoms with Crippen LogP contribution in [-0.4, -0.2) is 106 Å². The van der Waals surface area contributed by atoms with E-state index in [9.17, 15) is 32.0 Å². The number of benzene rings is 4. The number of esters is 1. The lowest BCUT2D eigenvalue weighted by Crippen LogP contribution is -2.52. The Morgan fingerprint density at radius 3 is 2.17 bits per heavy atom. The molecule has 15 nitrogen and oxygen atoms in total. The van der Waals surface area contributed by atoms with Crippen molar-refractivity contribution in [2.45, 2.75) is 68.5 Å². The average molecular weight is 1050 g/mol. The van der Waals surface area contributed by atoms with Gasteiger partial charge in [-0.15, -0.1) is 0 Å². The van der Waals surface area contributed by atoms with Gasteiger partial charge in [-0.1, -0.05) is 83.9 Å². The van der Waals surface area contributed by atoms with Crippen molar-refractivity contribution in [2.75, 3.05) is 59.0 Å². The minimum absolute atomic E-state index is 0.0325. The highest BCUT2D eigenvalue weighted by atomic mass is 35.5. The number of rotatable bonds is 20. The van der Waals surface area contributed by atoms with E-state index >= 15 is 0 Å². The molecular weight excluding hydrogens is 996 g/mol. The highest BCUT2D eigenvalue weighted by molar-refractivity contribution is 7.89. The number of ether oxygens (including phenoxy) is 5. The number of nitrogens with zero attached hydrogens (tertiary/aromatic N) is 4. The molecule has 4 aliphatic heterocycles. The van der Waals surface area contributed by atoms with E-state index < -0.39 is 40.8 Å². The van der Waals surface area contributed by atoms with Crippen LogP contribution >= 0.6 is 23.2 Å². The molecule has 2 bridgehead atoms. The summed E-state index contributed by atoms with van der Waals surface area (Å²) in [5, 5.41) is 15.2. The number of nitrogens with one attached hydrogen (secondary N) is 1. The Morgan fingerprint density at radius 1 is 0.792 bits per heavy atom. The monoisotopic (exact) mass is 1050 g/mol. The molecule has 20 heteroatoms. The standard InChI is InChI=1S/C52H55Cl2F2N5O10S/c53-43-28-60(64)29-44(54)42(43)27-46(38-13-16-45(70-51(55)56)47(26-38)68-33-34-9-10-34)69-49(62)31-59-21-23-61(24-22-59)72(65,66)41-14-11-35(12-15-41)32-67-40-8-4-7-39(25-40)50(37-5-2-1-3-6-37)57-52(63)71-48-30-58-19-17-36(48)18-20-58/h1-8,11-16,25-26,28-29,34,36,46,48,50-51H,9-10,17-24,27,30-33H2,(H,57,63)/t46-,48-,50-/m0/s1. The van der Waals surface area contributed by atoms with Gasteiger partial charge < -0.3 is 34.2 Å². The summed E-state index contributed by atoms with van der Waals surface area (Å²) in [6.07, 6.45) is 4.48. The van der Waals surface area contributed by atoms with Crippen molar-refractivity contribution in [1.82, 2.24) is 19.4 Å². The SMILES string of the molecule is O=C(CN1CCN(S(=O)(=O)c2ccc(COc3cccc([C@@H](NC(=O)O[C@H]4CN5CCC4CC5)c4ccccc4)c3)cc2)CC1)O[C@@H](Cc1c(Cl)c[n+]([O-])cc1Cl)c1ccc(OC(F)F)c(OCC2CC2)c1. The molecule has 4 aromatic carbocycles. The number of pyridine rings is 1. The van der Waals surface area contributed by atoms with Crippen molar-refractivity contribution in [1.29, 1.82) is 0 Å². The van der Waals surface area contributed by atoms with Crippen molar-refractivity contribution in [3.8, 4) is 17.2 Å². The molecule has 1 N–H and O–H groups in total. The Balaban J connectivity index is 0.797. The number of piperazine rings is 1. The van der Waals surface area contributed by atoms with Crippen molar-refractivity contribution >= 4 is 45.3 Å². The molecule has 1 saturated carbocycles. The Bertz CT molecular complexity index is 2780. The molecule has 382 valence electrons. The Hall–Kier alpha value is -5.76. The maximum Gasteiger partial charge on any atom is 0.408 e. The van der Waals surface area contributed by atoms with Gasteiger partial charge in [0.15, 0.2) is 23.9 Å². The minimum Gasteiger partial charge on any atom is -0.619 e. The molecule has 5 aromatic rings. The van der Waals surface area contributed by atoms with Gasteiger partial charge >= 0.3 is 18.7 Å². The second-order valence-corrected chi connectivity index (χ2v) is 21.3. The molecule has 0 radical (unpaired) electrons. The van der Waals surface area contributed by atoms with Crippen LogP contribution in [-0.2, 0) is 37.3 Å². The van der Waals surface area contributed by atoms with E-state index in [1.807, 2.05) is 54.6 Å². The summed E-state index contributed by atoms with van der Waals surface area (Å²) >= 11 is 12.8. The molecule has 0 unspecified atom stereocenters. The fourth-order valence-corrected chi connectivity index (χ4v) is 11.4. The number of carbonyl (C=O) groups is 2. The Kier molecular flexibility index (Phi) is 16.3. The molecule has 3 atom stereocenters. The predicted molar refractivity (Wildman–Crippen MR) is 263 cm³/mol. The topological polar surface area (TPSA) is 163 Å². The normalized spacial score (nSPS) is 20.1. The van der Waals surface area contributed by atoms with E-state index in [4.69, 9.17) is 46.9 Å². The molecule has 5 aliphatic rings. The van der Waals surface area contributed by atoms with Crippen LogP contribution in [0.4, 0.5) is 13.6 Å². The number of halogens is 4. The first-order chi connectivity index (χ1) is 34.7. The first-order valence-corrected chi connectivity index (χ1v) is 26.2. The zero-order valence-corrected chi connectivity index (χ0v) is 41.6. The van der Waals surface area contributed by atoms with Crippen molar-refractivity contribution in [3.05, 3.63) is 153 Å². The minimum atomic E-state index is -3.90. The lowest BCUT2D eigenvalue weighted by molar-refractivity contribution is -0.605. The van der Waals surface area contributed by atoms with Crippen LogP contribution in [0.25, 0.3) is 0 Å². The zero-order valence-electron chi connectivity index (χ0n) is 39.3. The number of amides is 1. The predicted octanol–water partition coefficient (Wildman–Crippen LogP) is 8.34. The van der Waals surface area contributed by atoms with Crippen LogP contribution in [0.1, 0.15) is 65.6 Å². The van der Waals surface area contributed by atoms with Crippen LogP contribution in [0.3, 0.4) is 0 Å². The lowest BCUT2D eigenvalue weighted by Gasteiger charge is -2.43. The maximum absolute atomic E-state index is 13.8. The van der Waals surface area contributed by atoms with Crippen LogP contribution in [0.2, 0.25) is 10.0 Å². The lowest BCUT2D eigenvalue weighted by atomic mass is 9.86. The first kappa shape index (κ1) is 51.2. The quantitative estimate of drug-likeness (QED) is 0.0451. The number of piperidine rings is 3. The number of fused-ring (bicyclic) bond motifs is 3. The van der Waals surface area contributed by atoms with Gasteiger partial charge in [0.2, 0.25) is 10.0 Å². The highest BCUT2D eigenvalue weighted by Crippen LogP contribution is 2.38. The van der Waals surface area contributed by atoms with Crippen molar-refractivity contribution in [2.24, 2.45) is 11.8 Å². The summed E-state index contributed by atoms with van der Waals surface area (Å²) < 4.78 is 84.9. The summed E-state index contributed by atoms with van der Waals surface area (Å²) in [5.41, 5.74) is 3.14. The molecule has 1 aliphatic carbocycles. The zero-order chi connectivity index (χ0) is 50.4. The number of sulfonamides is 1. The summed E-state index contributed by atoms with van der Waals surface area (Å²) in [7, 11) is -3.90. The highest BCUT2D eigenvalue weighted by Gasteiger charge is 2.37. The van der Waals surface area contributed by atoms with Gasteiger partial charge in [0.25, 0.3) is 0 Å². The van der Waals surface area contributed by atoms with E-state index in [-0.39, 0.29) is 78.3 Å². The van der Waals surface area contributed by atoms with Gasteiger partial charge in [-0.25, -0.2) is 13.2 Å². The summed E-state index contributed by atoms with van der Waals surface area (Å²) in [6, 6.07) is 27.4. The van der Waals surface area contributed by atoms with Gasteiger partial charge in [0, 0.05) is 44.7 Å². The molecule has 10 rings (SSSR count). The third-order valence-corrected chi connectivity index (χ3v) is 16.1. The van der Waals surface area contributed by atoms with E-state index in [0.29, 0.717) is 40.0 Å². The van der Waals surface area contributed by atoms with Crippen LogP contribution in [0.15, 0.2) is 114 Å². The third kappa shape index (κ3) is 13.1. The average Bonchev–Trinajstić information content (AvgIpc) is 4.21. The van der Waals surface area contributed by atoms with Gasteiger partial charge in [0.05, 0.1) is 24.1 Å². The van der Waals surface area contributed by atoms with Gasteiger partial charge in [-0.05, 0) is 109 Å². The van der Waals surface area contributed by atoms with Crippen LogP contribution < -0.4 is 24.3 Å². The molecule has 72 heavy (non-hydrogen) atoms. The van der Waals surface area contributed by atoms with E-state index in [1.165, 1.54) is 22.5 Å². The maximum atomic E-state index is 13.8. The fourth-order valence-electron chi connectivity index (χ4n) is 9.36. The molecule has 1 aromatic heterocycles. The summed E-state index contributed by atoms with van der Waals surface area (Å²) in [5.74, 6) is 0.459. The molecular formula is C52H55Cl2F2N5O10S. The van der Waals surface area contributed by atoms with Crippen molar-refractivity contribution < 1.29 is 55.2 Å². The Labute approximate surface area is 427 Å². The third-order valence-electron chi connectivity index (χ3n) is 13.5. The fraction of sp³-hybridized carbons (Fsp3) is 0.404. The number of hydrogen-bond acceptors (Lipinski definition) is 12. The number of hydrogen-bond donors (Lipinski definition) is 1. The Morgan fingerprint density at radius 2 is 1.50 bits per heavy atom. The van der Waals surface area contributed by atoms with E-state index in [1.54, 1.807) is 29.2 Å². The molecule has 1 amide bonds. The van der Waals surface area contributed by atoms with Crippen LogP contribution in [0, 0.1) is 17.0 Å². The first-order valence-electron chi connectivity index (χ1n) is 24.0. The van der Waals surface area contributed by atoms with Gasteiger partial charge in [-0.3, -0.25) is 14.6 Å². The molecule has 5 fully saturated rings. The molecule has 5 heterocycles. The molecule has 0 spiro atoms. The molecule has 4 saturated heterocycles. The smallest absolute Gasteiger partial charge is 0.408 e. The van der Waals surface area contributed by atoms with E-state index in [2.05, 4.69) is 10.2 Å². The second kappa shape index (κ2) is 23.0. The number of carbonyl (C=O) groups excluding carboxylic acids is 2. The van der Waals surface area contributed by atoms with Crippen LogP contribution in [0.5, 0.6) is 17.2 Å². The summed E-state index contributed by atoms with van der Waals surface area (Å²) in [6.45, 7) is 0.673. The van der Waals surface area contributed by atoms with Crippen molar-refractivity contribution in [3.63, 3.8) is 0 Å². The number of alkyl carbamates (subject to hydrolysis) is 1. The van der Waals surface area contributed by atoms with Gasteiger partial charge in [0.1, 0.15) is 34.6 Å². The van der Waals surface area contributed by atoms with Gasteiger partial charge in [-0.2, -0.15) is 17.8 Å². The van der Waals surface area contributed by atoms with E-state index in [0.717, 1.165) is 74.4 Å². The number of alkyl halides is 2.